The minimum absolute atomic E-state index is 0.0688. The molecular weight excluding hydrogens is 356 g/mol. The number of esters is 1. The first kappa shape index (κ1) is 24.1. The number of cyclic esters (lactones) is 1. The molecular formula is C22H40O4Si. The minimum Gasteiger partial charge on any atom is -0.461 e. The zero-order chi connectivity index (χ0) is 20.7. The lowest BCUT2D eigenvalue weighted by atomic mass is 9.96. The average Bonchev–Trinajstić information content (AvgIpc) is 2.56. The summed E-state index contributed by atoms with van der Waals surface area (Å²) in [5.41, 5.74) is 1.05. The highest BCUT2D eigenvalue weighted by molar-refractivity contribution is 6.74. The molecule has 1 aliphatic rings. The van der Waals surface area contributed by atoms with Crippen molar-refractivity contribution in [3.05, 3.63) is 23.8 Å². The second-order valence-electron chi connectivity index (χ2n) is 9.25. The Hall–Kier alpha value is -0.913. The van der Waals surface area contributed by atoms with Gasteiger partial charge in [0, 0.05) is 19.4 Å². The van der Waals surface area contributed by atoms with E-state index in [9.17, 15) is 4.79 Å². The number of hydrogen-bond acceptors (Lipinski definition) is 4. The summed E-state index contributed by atoms with van der Waals surface area (Å²) in [6, 6.07) is 0. The van der Waals surface area contributed by atoms with Crippen molar-refractivity contribution < 1.29 is 18.7 Å². The van der Waals surface area contributed by atoms with Crippen LogP contribution in [0.1, 0.15) is 60.3 Å². The molecule has 0 amide bonds. The number of hydrogen-bond donors (Lipinski definition) is 0. The fraction of sp³-hybridized carbons (Fsp3) is 0.773. The van der Waals surface area contributed by atoms with Crippen molar-refractivity contribution in [2.45, 2.75) is 90.6 Å². The highest BCUT2D eigenvalue weighted by Crippen LogP contribution is 2.39. The second-order valence-corrected chi connectivity index (χ2v) is 14.0. The third kappa shape index (κ3) is 7.92. The van der Waals surface area contributed by atoms with E-state index in [1.165, 1.54) is 0 Å². The molecule has 1 aliphatic heterocycles. The van der Waals surface area contributed by atoms with Crippen LogP contribution in [0.3, 0.4) is 0 Å². The molecule has 1 rings (SSSR count). The van der Waals surface area contributed by atoms with Gasteiger partial charge in [0.15, 0.2) is 8.32 Å². The lowest BCUT2D eigenvalue weighted by molar-refractivity contribution is -0.142. The molecule has 0 radical (unpaired) electrons. The summed E-state index contributed by atoms with van der Waals surface area (Å²) in [5.74, 6) is 0.0376. The van der Waals surface area contributed by atoms with Gasteiger partial charge in [0.2, 0.25) is 0 Å². The topological polar surface area (TPSA) is 44.8 Å². The predicted molar refractivity (Wildman–Crippen MR) is 114 cm³/mol. The zero-order valence-electron chi connectivity index (χ0n) is 18.6. The second kappa shape index (κ2) is 10.6. The highest BCUT2D eigenvalue weighted by atomic mass is 28.4. The summed E-state index contributed by atoms with van der Waals surface area (Å²) < 4.78 is 18.0. The molecule has 4 nitrogen and oxygen atoms in total. The van der Waals surface area contributed by atoms with Gasteiger partial charge in [-0.25, -0.2) is 0 Å². The van der Waals surface area contributed by atoms with Crippen LogP contribution in [0, 0.1) is 5.92 Å². The van der Waals surface area contributed by atoms with E-state index in [1.54, 1.807) is 7.11 Å². The molecule has 0 bridgehead atoms. The van der Waals surface area contributed by atoms with Gasteiger partial charge in [-0.05, 0) is 49.9 Å². The molecule has 0 fully saturated rings. The Morgan fingerprint density at radius 3 is 2.48 bits per heavy atom. The lowest BCUT2D eigenvalue weighted by Gasteiger charge is -2.42. The van der Waals surface area contributed by atoms with E-state index in [1.807, 2.05) is 6.92 Å². The number of allylic oxidation sites excluding steroid dienone is 1. The monoisotopic (exact) mass is 396 g/mol. The molecule has 0 aromatic rings. The van der Waals surface area contributed by atoms with Gasteiger partial charge in [-0.2, -0.15) is 0 Å². The number of ether oxygens (including phenoxy) is 2. The Labute approximate surface area is 167 Å². The van der Waals surface area contributed by atoms with E-state index in [0.717, 1.165) is 24.8 Å². The summed E-state index contributed by atoms with van der Waals surface area (Å²) in [6.07, 6.45) is 9.55. The predicted octanol–water partition coefficient (Wildman–Crippen LogP) is 5.65. The van der Waals surface area contributed by atoms with Crippen molar-refractivity contribution in [2.75, 3.05) is 13.7 Å². The van der Waals surface area contributed by atoms with Crippen LogP contribution in [0.2, 0.25) is 18.1 Å². The van der Waals surface area contributed by atoms with Crippen LogP contribution < -0.4 is 0 Å². The molecule has 27 heavy (non-hydrogen) atoms. The van der Waals surface area contributed by atoms with Crippen LogP contribution in [0.5, 0.6) is 0 Å². The van der Waals surface area contributed by atoms with Crippen molar-refractivity contribution in [1.82, 2.24) is 0 Å². The van der Waals surface area contributed by atoms with Gasteiger partial charge in [0.25, 0.3) is 0 Å². The average molecular weight is 397 g/mol. The zero-order valence-corrected chi connectivity index (χ0v) is 19.6. The van der Waals surface area contributed by atoms with Gasteiger partial charge in [-0.15, -0.1) is 0 Å². The maximum atomic E-state index is 11.8. The molecule has 0 spiro atoms. The molecule has 0 aromatic heterocycles. The van der Waals surface area contributed by atoms with Gasteiger partial charge in [0.1, 0.15) is 12.7 Å². The number of methoxy groups -OCH3 is 1. The van der Waals surface area contributed by atoms with Gasteiger partial charge in [-0.1, -0.05) is 45.9 Å². The molecule has 156 valence electrons. The quantitative estimate of drug-likeness (QED) is 0.351. The Morgan fingerprint density at radius 1 is 1.22 bits per heavy atom. The van der Waals surface area contributed by atoms with Crippen LogP contribution in [0.15, 0.2) is 23.8 Å². The van der Waals surface area contributed by atoms with Gasteiger partial charge in [0.05, 0.1) is 6.10 Å². The molecule has 0 N–H and O–H groups in total. The van der Waals surface area contributed by atoms with Crippen LogP contribution >= 0.6 is 0 Å². The molecule has 1 heterocycles. The van der Waals surface area contributed by atoms with Crippen molar-refractivity contribution in [3.63, 3.8) is 0 Å². The molecule has 0 aromatic carbocycles. The third-order valence-electron chi connectivity index (χ3n) is 5.69. The van der Waals surface area contributed by atoms with Gasteiger partial charge in [-0.3, -0.25) is 4.79 Å². The highest BCUT2D eigenvalue weighted by Gasteiger charge is 2.41. The van der Waals surface area contributed by atoms with Crippen LogP contribution in [-0.2, 0) is 18.7 Å². The standard InChI is InChI=1S/C22H40O4Si/c1-17-15-18(2)21(26-27(7,8)22(3,4)5)19(24-6)13-11-9-10-12-14-20(23)25-16-17/h11,13,15,18-19,21H,9-10,12,14,16H2,1-8H3/b13-11-,17-15+/t18-,19?,21+/m1/s1. The summed E-state index contributed by atoms with van der Waals surface area (Å²) in [7, 11) is -0.207. The fourth-order valence-corrected chi connectivity index (χ4v) is 4.32. The smallest absolute Gasteiger partial charge is 0.306 e. The van der Waals surface area contributed by atoms with Crippen molar-refractivity contribution in [1.29, 1.82) is 0 Å². The van der Waals surface area contributed by atoms with E-state index >= 15 is 0 Å². The van der Waals surface area contributed by atoms with Crippen molar-refractivity contribution in [2.24, 2.45) is 5.92 Å². The maximum Gasteiger partial charge on any atom is 0.306 e. The van der Waals surface area contributed by atoms with Gasteiger partial charge >= 0.3 is 5.97 Å². The SMILES string of the molecule is COC1/C=C\CCCCC(=O)OC/C(C)=C/[C@@H](C)[C@@H]1O[Si](C)(C)C(C)(C)C. The van der Waals surface area contributed by atoms with Crippen LogP contribution in [0.25, 0.3) is 0 Å². The minimum atomic E-state index is -1.96. The van der Waals surface area contributed by atoms with E-state index < -0.39 is 8.32 Å². The molecule has 0 aliphatic carbocycles. The fourth-order valence-electron chi connectivity index (χ4n) is 2.93. The normalized spacial score (nSPS) is 30.0. The molecule has 1 unspecified atom stereocenters. The van der Waals surface area contributed by atoms with E-state index in [2.05, 4.69) is 59.0 Å². The van der Waals surface area contributed by atoms with Crippen molar-refractivity contribution >= 4 is 14.3 Å². The number of carbonyl (C=O) groups excluding carboxylic acids is 1. The summed E-state index contributed by atoms with van der Waals surface area (Å²) in [4.78, 5) is 11.8. The summed E-state index contributed by atoms with van der Waals surface area (Å²) >= 11 is 0. The largest absolute Gasteiger partial charge is 0.461 e. The Bertz CT molecular complexity index is 531. The molecule has 5 heteroatoms. The first-order chi connectivity index (χ1) is 12.5. The summed E-state index contributed by atoms with van der Waals surface area (Å²) in [6.45, 7) is 15.8. The first-order valence-corrected chi connectivity index (χ1v) is 13.1. The molecule has 0 saturated carbocycles. The van der Waals surface area contributed by atoms with E-state index in [-0.39, 0.29) is 29.1 Å². The lowest BCUT2D eigenvalue weighted by Crippen LogP contribution is -2.49. The van der Waals surface area contributed by atoms with Crippen LogP contribution in [-0.4, -0.2) is 40.2 Å². The molecule has 3 atom stereocenters. The van der Waals surface area contributed by atoms with Crippen LogP contribution in [0.4, 0.5) is 0 Å². The number of rotatable bonds is 3. The Morgan fingerprint density at radius 2 is 1.89 bits per heavy atom. The Balaban J connectivity index is 3.15. The summed E-state index contributed by atoms with van der Waals surface area (Å²) in [5, 5.41) is 0.127. The van der Waals surface area contributed by atoms with Crippen molar-refractivity contribution in [3.8, 4) is 0 Å². The maximum absolute atomic E-state index is 11.8. The molecule has 0 saturated heterocycles. The van der Waals surface area contributed by atoms with E-state index in [0.29, 0.717) is 13.0 Å². The van der Waals surface area contributed by atoms with E-state index in [4.69, 9.17) is 13.9 Å². The Kier molecular flexibility index (Phi) is 9.46. The third-order valence-corrected chi connectivity index (χ3v) is 10.2. The first-order valence-electron chi connectivity index (χ1n) is 10.2. The number of carbonyl (C=O) groups is 1. The van der Waals surface area contributed by atoms with Gasteiger partial charge < -0.3 is 13.9 Å².